The van der Waals surface area contributed by atoms with Crippen LogP contribution in [-0.4, -0.2) is 83.8 Å². The second-order valence-electron chi connectivity index (χ2n) is 11.5. The number of sulfone groups is 1. The number of hydrogen-bond acceptors (Lipinski definition) is 10. The van der Waals surface area contributed by atoms with E-state index in [0.717, 1.165) is 41.5 Å². The molecule has 0 radical (unpaired) electrons. The summed E-state index contributed by atoms with van der Waals surface area (Å²) < 4.78 is 52.6. The van der Waals surface area contributed by atoms with Gasteiger partial charge in [-0.3, -0.25) is 4.90 Å². The first kappa shape index (κ1) is 36.2. The van der Waals surface area contributed by atoms with Gasteiger partial charge in [0, 0.05) is 30.3 Å². The molecule has 262 valence electrons. The number of fused-ring (bicyclic) bond motifs is 1. The van der Waals surface area contributed by atoms with Crippen LogP contribution in [0.15, 0.2) is 108 Å². The molecule has 0 atom stereocenters. The largest absolute Gasteiger partial charge is 0.508 e. The number of nitrogens with zero attached hydrogens (tertiary/aromatic N) is 1. The number of phenols is 1. The van der Waals surface area contributed by atoms with E-state index in [0.29, 0.717) is 55.0 Å². The average molecular weight is 700 g/mol. The van der Waals surface area contributed by atoms with Crippen LogP contribution < -0.4 is 14.2 Å². The topological polar surface area (TPSA) is 121 Å². The summed E-state index contributed by atoms with van der Waals surface area (Å²) in [5, 5.41) is 11.7. The molecule has 50 heavy (non-hydrogen) atoms. The van der Waals surface area contributed by atoms with Gasteiger partial charge in [0.25, 0.3) is 0 Å². The van der Waals surface area contributed by atoms with Crippen LogP contribution in [0.4, 0.5) is 0 Å². The SMILES string of the molecule is CCN(CCOCCOc1ccc(C(=O)OC)cc1)CCOc1ccc(Oc2c(-c3ccc(S(C)(=O)=O)cc3)ccc3cc(O)ccc23)cc1. The van der Waals surface area contributed by atoms with Gasteiger partial charge in [0.2, 0.25) is 0 Å². The molecular formula is C39H41NO9S. The van der Waals surface area contributed by atoms with Crippen LogP contribution in [0.5, 0.6) is 28.7 Å². The summed E-state index contributed by atoms with van der Waals surface area (Å²) in [6.07, 6.45) is 1.18. The molecule has 0 aliphatic rings. The van der Waals surface area contributed by atoms with E-state index >= 15 is 0 Å². The van der Waals surface area contributed by atoms with Crippen LogP contribution in [0.2, 0.25) is 0 Å². The maximum Gasteiger partial charge on any atom is 0.337 e. The fourth-order valence-electron chi connectivity index (χ4n) is 5.27. The van der Waals surface area contributed by atoms with Gasteiger partial charge in [0.15, 0.2) is 9.84 Å². The Bertz CT molecular complexity index is 1980. The lowest BCUT2D eigenvalue weighted by Gasteiger charge is -2.20. The lowest BCUT2D eigenvalue weighted by atomic mass is 9.99. The molecule has 5 aromatic rings. The van der Waals surface area contributed by atoms with Gasteiger partial charge in [0.05, 0.1) is 30.8 Å². The zero-order chi connectivity index (χ0) is 35.5. The second kappa shape index (κ2) is 17.0. The second-order valence-corrected chi connectivity index (χ2v) is 13.5. The Hall–Kier alpha value is -5.10. The van der Waals surface area contributed by atoms with Crippen LogP contribution >= 0.6 is 0 Å². The van der Waals surface area contributed by atoms with Gasteiger partial charge < -0.3 is 28.8 Å². The van der Waals surface area contributed by atoms with E-state index in [9.17, 15) is 18.3 Å². The Labute approximate surface area is 292 Å². The van der Waals surface area contributed by atoms with Crippen molar-refractivity contribution in [2.24, 2.45) is 0 Å². The Morgan fingerprint density at radius 1 is 0.740 bits per heavy atom. The molecule has 10 nitrogen and oxygen atoms in total. The number of carbonyl (C=O) groups is 1. The highest BCUT2D eigenvalue weighted by molar-refractivity contribution is 7.90. The predicted octanol–water partition coefficient (Wildman–Crippen LogP) is 6.99. The molecule has 0 heterocycles. The number of esters is 1. The maximum absolute atomic E-state index is 12.0. The molecule has 0 unspecified atom stereocenters. The number of methoxy groups -OCH3 is 1. The van der Waals surface area contributed by atoms with Crippen molar-refractivity contribution in [2.45, 2.75) is 11.8 Å². The fraction of sp³-hybridized carbons (Fsp3) is 0.256. The van der Waals surface area contributed by atoms with Gasteiger partial charge in [-0.05, 0) is 102 Å². The molecule has 0 saturated carbocycles. The highest BCUT2D eigenvalue weighted by Gasteiger charge is 2.15. The van der Waals surface area contributed by atoms with Crippen molar-refractivity contribution in [3.8, 4) is 39.9 Å². The van der Waals surface area contributed by atoms with Crippen molar-refractivity contribution in [1.82, 2.24) is 4.90 Å². The van der Waals surface area contributed by atoms with E-state index < -0.39 is 9.84 Å². The molecule has 0 bridgehead atoms. The fourth-order valence-corrected chi connectivity index (χ4v) is 5.90. The summed E-state index contributed by atoms with van der Waals surface area (Å²) in [7, 11) is -1.98. The molecule has 0 saturated heterocycles. The van der Waals surface area contributed by atoms with E-state index in [4.69, 9.17) is 23.7 Å². The first-order valence-corrected chi connectivity index (χ1v) is 18.1. The minimum atomic E-state index is -3.33. The zero-order valence-corrected chi connectivity index (χ0v) is 29.1. The Morgan fingerprint density at radius 2 is 1.38 bits per heavy atom. The van der Waals surface area contributed by atoms with Crippen LogP contribution in [0.25, 0.3) is 21.9 Å². The number of aromatic hydroxyl groups is 1. The van der Waals surface area contributed by atoms with Crippen molar-refractivity contribution in [3.63, 3.8) is 0 Å². The van der Waals surface area contributed by atoms with Crippen LogP contribution in [0, 0.1) is 0 Å². The van der Waals surface area contributed by atoms with E-state index in [-0.39, 0.29) is 16.6 Å². The standard InChI is InChI=1S/C39H41NO9S/c1-4-40(21-23-46-25-26-48-32-11-5-29(6-12-32)39(42)45-2)22-24-47-33-13-15-34(16-14-33)49-38-36(19-9-30-27-31(41)10-20-37(30)38)28-7-17-35(18-8-28)50(3,43)44/h5-20,27,41H,4,21-26H2,1-3H3. The monoisotopic (exact) mass is 699 g/mol. The summed E-state index contributed by atoms with van der Waals surface area (Å²) in [6, 6.07) is 29.8. The molecule has 0 amide bonds. The quantitative estimate of drug-likeness (QED) is 0.0803. The van der Waals surface area contributed by atoms with Gasteiger partial charge in [0.1, 0.15) is 42.0 Å². The number of rotatable bonds is 17. The Kier molecular flexibility index (Phi) is 12.3. The van der Waals surface area contributed by atoms with Gasteiger partial charge in [-0.1, -0.05) is 25.1 Å². The van der Waals surface area contributed by atoms with Gasteiger partial charge in [-0.25, -0.2) is 13.2 Å². The summed E-state index contributed by atoms with van der Waals surface area (Å²) in [5.41, 5.74) is 2.05. The molecule has 0 aliphatic heterocycles. The highest BCUT2D eigenvalue weighted by Crippen LogP contribution is 2.41. The smallest absolute Gasteiger partial charge is 0.337 e. The minimum absolute atomic E-state index is 0.150. The number of phenolic OH excluding ortho intramolecular Hbond substituents is 1. The lowest BCUT2D eigenvalue weighted by molar-refractivity contribution is 0.0600. The van der Waals surface area contributed by atoms with Gasteiger partial charge >= 0.3 is 5.97 Å². The molecular weight excluding hydrogens is 658 g/mol. The summed E-state index contributed by atoms with van der Waals surface area (Å²) in [5.74, 6) is 2.32. The van der Waals surface area contributed by atoms with Crippen molar-refractivity contribution < 1.29 is 42.0 Å². The Balaban J connectivity index is 1.11. The normalized spacial score (nSPS) is 11.4. The number of benzene rings is 5. The molecule has 5 aromatic carbocycles. The average Bonchev–Trinajstić information content (AvgIpc) is 3.12. The lowest BCUT2D eigenvalue weighted by Crippen LogP contribution is -2.31. The van der Waals surface area contributed by atoms with Crippen molar-refractivity contribution in [1.29, 1.82) is 0 Å². The van der Waals surface area contributed by atoms with Crippen LogP contribution in [-0.2, 0) is 19.3 Å². The first-order chi connectivity index (χ1) is 24.1. The third kappa shape index (κ3) is 9.75. The van der Waals surface area contributed by atoms with Crippen LogP contribution in [0.3, 0.4) is 0 Å². The Morgan fingerprint density at radius 3 is 2.04 bits per heavy atom. The molecule has 5 rings (SSSR count). The molecule has 0 fully saturated rings. The molecule has 1 N–H and O–H groups in total. The summed E-state index contributed by atoms with van der Waals surface area (Å²) >= 11 is 0. The highest BCUT2D eigenvalue weighted by atomic mass is 32.2. The molecule has 11 heteroatoms. The maximum atomic E-state index is 12.0. The van der Waals surface area contributed by atoms with E-state index in [1.54, 1.807) is 66.7 Å². The number of carbonyl (C=O) groups excluding carboxylic acids is 1. The minimum Gasteiger partial charge on any atom is -0.508 e. The zero-order valence-electron chi connectivity index (χ0n) is 28.3. The molecule has 0 aromatic heterocycles. The number of likely N-dealkylation sites (N-methyl/N-ethyl adjacent to an activating group) is 1. The number of hydrogen-bond donors (Lipinski definition) is 1. The molecule has 0 spiro atoms. The third-order valence-corrected chi connectivity index (χ3v) is 9.17. The van der Waals surface area contributed by atoms with Gasteiger partial charge in [-0.15, -0.1) is 0 Å². The van der Waals surface area contributed by atoms with Gasteiger partial charge in [-0.2, -0.15) is 0 Å². The molecule has 0 aliphatic carbocycles. The van der Waals surface area contributed by atoms with E-state index in [1.165, 1.54) is 13.4 Å². The first-order valence-electron chi connectivity index (χ1n) is 16.2. The van der Waals surface area contributed by atoms with Crippen LogP contribution in [0.1, 0.15) is 17.3 Å². The number of ether oxygens (including phenoxy) is 5. The predicted molar refractivity (Wildman–Crippen MR) is 192 cm³/mol. The summed E-state index contributed by atoms with van der Waals surface area (Å²) in [6.45, 7) is 6.33. The summed E-state index contributed by atoms with van der Waals surface area (Å²) in [4.78, 5) is 14.0. The van der Waals surface area contributed by atoms with E-state index in [2.05, 4.69) is 11.8 Å². The van der Waals surface area contributed by atoms with Crippen molar-refractivity contribution >= 4 is 26.6 Å². The van der Waals surface area contributed by atoms with E-state index in [1.807, 2.05) is 36.4 Å². The third-order valence-electron chi connectivity index (χ3n) is 8.04. The van der Waals surface area contributed by atoms with Crippen molar-refractivity contribution in [3.05, 3.63) is 109 Å². The van der Waals surface area contributed by atoms with Crippen molar-refractivity contribution in [2.75, 3.05) is 59.4 Å².